The van der Waals surface area contributed by atoms with Crippen molar-refractivity contribution in [1.29, 1.82) is 0 Å². The Morgan fingerprint density at radius 1 is 1.26 bits per heavy atom. The second-order valence-corrected chi connectivity index (χ2v) is 6.77. The largest absolute Gasteiger partial charge is 0.393 e. The number of halogens is 1. The average Bonchev–Trinajstić information content (AvgIpc) is 3.12. The van der Waals surface area contributed by atoms with Crippen molar-refractivity contribution in [3.63, 3.8) is 0 Å². The molecular formula is C18H21FN2O2. The summed E-state index contributed by atoms with van der Waals surface area (Å²) in [5, 5.41) is 20.3. The number of imidazole rings is 1. The van der Waals surface area contributed by atoms with Gasteiger partial charge in [0.25, 0.3) is 0 Å². The van der Waals surface area contributed by atoms with Crippen molar-refractivity contribution in [2.24, 2.45) is 5.92 Å². The lowest BCUT2D eigenvalue weighted by molar-refractivity contribution is 0.0328. The zero-order valence-corrected chi connectivity index (χ0v) is 12.9. The summed E-state index contributed by atoms with van der Waals surface area (Å²) in [6.07, 6.45) is 6.38. The van der Waals surface area contributed by atoms with E-state index in [-0.39, 0.29) is 23.9 Å². The zero-order valence-electron chi connectivity index (χ0n) is 12.9. The van der Waals surface area contributed by atoms with Gasteiger partial charge in [0, 0.05) is 11.1 Å². The topological polar surface area (TPSA) is 58.3 Å². The van der Waals surface area contributed by atoms with E-state index in [1.807, 2.05) is 10.6 Å². The molecule has 0 bridgehead atoms. The maximum atomic E-state index is 14.4. The number of hydrogen-bond acceptors (Lipinski definition) is 3. The third-order valence-electron chi connectivity index (χ3n) is 5.41. The molecule has 1 aliphatic carbocycles. The van der Waals surface area contributed by atoms with Crippen LogP contribution in [-0.2, 0) is 0 Å². The summed E-state index contributed by atoms with van der Waals surface area (Å²) in [5.41, 5.74) is 2.45. The number of hydrogen-bond donors (Lipinski definition) is 2. The highest BCUT2D eigenvalue weighted by atomic mass is 19.1. The molecule has 2 aliphatic rings. The van der Waals surface area contributed by atoms with E-state index in [0.717, 1.165) is 36.9 Å². The molecule has 4 rings (SSSR count). The van der Waals surface area contributed by atoms with Gasteiger partial charge in [-0.05, 0) is 44.1 Å². The van der Waals surface area contributed by atoms with Crippen molar-refractivity contribution in [2.75, 3.05) is 0 Å². The number of fused-ring (bicyclic) bond motifs is 3. The maximum absolute atomic E-state index is 14.4. The molecule has 2 aromatic rings. The SMILES string of the molecule is OC1CCC([C@H](O)CC2c3c(F)cccc3-c3cncn32)CC1. The van der Waals surface area contributed by atoms with Crippen LogP contribution >= 0.6 is 0 Å². The van der Waals surface area contributed by atoms with Gasteiger partial charge < -0.3 is 14.8 Å². The van der Waals surface area contributed by atoms with Crippen molar-refractivity contribution in [1.82, 2.24) is 9.55 Å². The van der Waals surface area contributed by atoms with E-state index < -0.39 is 6.10 Å². The lowest BCUT2D eigenvalue weighted by Crippen LogP contribution is -2.29. The Bertz CT molecular complexity index is 707. The molecule has 23 heavy (non-hydrogen) atoms. The molecule has 1 aromatic heterocycles. The van der Waals surface area contributed by atoms with Gasteiger partial charge in [0.05, 0.1) is 36.5 Å². The van der Waals surface area contributed by atoms with Gasteiger partial charge in [-0.15, -0.1) is 0 Å². The summed E-state index contributed by atoms with van der Waals surface area (Å²) in [7, 11) is 0. The van der Waals surface area contributed by atoms with E-state index >= 15 is 0 Å². The second kappa shape index (κ2) is 5.73. The van der Waals surface area contributed by atoms with Crippen LogP contribution in [0.15, 0.2) is 30.7 Å². The fourth-order valence-electron chi connectivity index (χ4n) is 4.14. The number of aromatic nitrogens is 2. The smallest absolute Gasteiger partial charge is 0.129 e. The molecule has 0 saturated heterocycles. The Morgan fingerprint density at radius 2 is 2.04 bits per heavy atom. The van der Waals surface area contributed by atoms with Crippen molar-refractivity contribution in [3.8, 4) is 11.3 Å². The lowest BCUT2D eigenvalue weighted by atomic mass is 9.81. The van der Waals surface area contributed by atoms with E-state index in [2.05, 4.69) is 4.98 Å². The standard InChI is InChI=1S/C18H21FN2O2/c19-14-3-1-2-13-16-9-20-10-21(16)15(18(13)14)8-17(23)11-4-6-12(22)7-5-11/h1-3,9-12,15,17,22-23H,4-8H2/t11?,12?,15?,17-/m1/s1. The first kappa shape index (κ1) is 14.8. The lowest BCUT2D eigenvalue weighted by Gasteiger charge is -2.31. The highest BCUT2D eigenvalue weighted by Crippen LogP contribution is 2.43. The number of nitrogens with zero attached hydrogens (tertiary/aromatic N) is 2. The molecule has 1 fully saturated rings. The Labute approximate surface area is 134 Å². The Morgan fingerprint density at radius 3 is 2.83 bits per heavy atom. The van der Waals surface area contributed by atoms with Crippen molar-refractivity contribution >= 4 is 0 Å². The maximum Gasteiger partial charge on any atom is 0.129 e. The quantitative estimate of drug-likeness (QED) is 0.915. The molecule has 0 spiro atoms. The van der Waals surface area contributed by atoms with Gasteiger partial charge >= 0.3 is 0 Å². The zero-order chi connectivity index (χ0) is 16.0. The van der Waals surface area contributed by atoms with E-state index in [9.17, 15) is 14.6 Å². The van der Waals surface area contributed by atoms with Crippen LogP contribution in [0.2, 0.25) is 0 Å². The van der Waals surface area contributed by atoms with Gasteiger partial charge in [0.1, 0.15) is 5.82 Å². The minimum Gasteiger partial charge on any atom is -0.393 e. The van der Waals surface area contributed by atoms with Gasteiger partial charge in [-0.2, -0.15) is 0 Å². The predicted molar refractivity (Wildman–Crippen MR) is 84.3 cm³/mol. The van der Waals surface area contributed by atoms with E-state index in [1.54, 1.807) is 18.6 Å². The van der Waals surface area contributed by atoms with Crippen molar-refractivity contribution < 1.29 is 14.6 Å². The molecule has 1 saturated carbocycles. The summed E-state index contributed by atoms with van der Waals surface area (Å²) in [6, 6.07) is 4.91. The molecular weight excluding hydrogens is 295 g/mol. The second-order valence-electron chi connectivity index (χ2n) is 6.77. The van der Waals surface area contributed by atoms with Crippen LogP contribution in [0.1, 0.15) is 43.7 Å². The van der Waals surface area contributed by atoms with Crippen LogP contribution in [0.5, 0.6) is 0 Å². The molecule has 1 aromatic carbocycles. The van der Waals surface area contributed by atoms with Crippen LogP contribution in [0.25, 0.3) is 11.3 Å². The molecule has 0 amide bonds. The fourth-order valence-corrected chi connectivity index (χ4v) is 4.14. The number of rotatable bonds is 3. The van der Waals surface area contributed by atoms with Gasteiger partial charge in [-0.3, -0.25) is 0 Å². The van der Waals surface area contributed by atoms with Crippen LogP contribution in [-0.4, -0.2) is 32.0 Å². The summed E-state index contributed by atoms with van der Waals surface area (Å²) >= 11 is 0. The highest BCUT2D eigenvalue weighted by Gasteiger charge is 2.35. The van der Waals surface area contributed by atoms with Crippen LogP contribution in [0.4, 0.5) is 4.39 Å². The molecule has 1 unspecified atom stereocenters. The summed E-state index contributed by atoms with van der Waals surface area (Å²) < 4.78 is 16.3. The minimum absolute atomic E-state index is 0.182. The van der Waals surface area contributed by atoms with E-state index in [1.165, 1.54) is 6.07 Å². The normalized spacial score (nSPS) is 27.5. The summed E-state index contributed by atoms with van der Waals surface area (Å²) in [6.45, 7) is 0. The molecule has 0 radical (unpaired) electrons. The van der Waals surface area contributed by atoms with Crippen molar-refractivity contribution in [3.05, 3.63) is 42.1 Å². The highest BCUT2D eigenvalue weighted by molar-refractivity contribution is 5.69. The molecule has 2 atom stereocenters. The number of aliphatic hydroxyl groups is 2. The Balaban J connectivity index is 1.60. The molecule has 2 N–H and O–H groups in total. The minimum atomic E-state index is -0.492. The number of benzene rings is 1. The molecule has 1 aliphatic heterocycles. The van der Waals surface area contributed by atoms with E-state index in [4.69, 9.17) is 0 Å². The van der Waals surface area contributed by atoms with Gasteiger partial charge in [0.15, 0.2) is 0 Å². The van der Waals surface area contributed by atoms with Crippen LogP contribution < -0.4 is 0 Å². The molecule has 5 heteroatoms. The molecule has 4 nitrogen and oxygen atoms in total. The predicted octanol–water partition coefficient (Wildman–Crippen LogP) is 2.89. The third-order valence-corrected chi connectivity index (χ3v) is 5.41. The Kier molecular flexibility index (Phi) is 3.70. The van der Waals surface area contributed by atoms with E-state index in [0.29, 0.717) is 12.0 Å². The van der Waals surface area contributed by atoms with Gasteiger partial charge in [0.2, 0.25) is 0 Å². The third kappa shape index (κ3) is 2.48. The van der Waals surface area contributed by atoms with Crippen LogP contribution in [0, 0.1) is 11.7 Å². The summed E-state index contributed by atoms with van der Waals surface area (Å²) in [5.74, 6) is -0.0383. The Hall–Kier alpha value is -1.72. The first-order chi connectivity index (χ1) is 11.1. The summed E-state index contributed by atoms with van der Waals surface area (Å²) in [4.78, 5) is 4.18. The number of aliphatic hydroxyl groups excluding tert-OH is 2. The van der Waals surface area contributed by atoms with Gasteiger partial charge in [-0.1, -0.05) is 12.1 Å². The van der Waals surface area contributed by atoms with Crippen molar-refractivity contribution in [2.45, 2.75) is 50.4 Å². The first-order valence-electron chi connectivity index (χ1n) is 8.32. The fraction of sp³-hybridized carbons (Fsp3) is 0.500. The monoisotopic (exact) mass is 316 g/mol. The average molecular weight is 316 g/mol. The molecule has 122 valence electrons. The van der Waals surface area contributed by atoms with Crippen LogP contribution in [0.3, 0.4) is 0 Å². The molecule has 2 heterocycles. The van der Waals surface area contributed by atoms with Gasteiger partial charge in [-0.25, -0.2) is 9.37 Å². The first-order valence-corrected chi connectivity index (χ1v) is 8.32.